The summed E-state index contributed by atoms with van der Waals surface area (Å²) in [5.41, 5.74) is 7.16. The van der Waals surface area contributed by atoms with Crippen molar-refractivity contribution in [2.24, 2.45) is 0 Å². The summed E-state index contributed by atoms with van der Waals surface area (Å²) in [6.07, 6.45) is 9.91. The highest BCUT2D eigenvalue weighted by Gasteiger charge is 2.33. The van der Waals surface area contributed by atoms with Crippen LogP contribution in [0.5, 0.6) is 0 Å². The van der Waals surface area contributed by atoms with E-state index in [1.165, 1.54) is 61.7 Å². The number of hydrogen-bond donors (Lipinski definition) is 6. The second kappa shape index (κ2) is 37.1. The van der Waals surface area contributed by atoms with Crippen LogP contribution >= 0.6 is 0 Å². The molecule has 24 heteroatoms. The third-order valence-electron chi connectivity index (χ3n) is 13.6. The highest BCUT2D eigenvalue weighted by atomic mass is 16.5. The third-order valence-corrected chi connectivity index (χ3v) is 13.6. The number of imide groups is 2. The Morgan fingerprint density at radius 2 is 0.851 bits per heavy atom. The van der Waals surface area contributed by atoms with Crippen molar-refractivity contribution in [1.82, 2.24) is 25.8 Å². The molecule has 2 heterocycles. The van der Waals surface area contributed by atoms with Crippen molar-refractivity contribution in [1.29, 1.82) is 0 Å². The van der Waals surface area contributed by atoms with Crippen LogP contribution in [0.2, 0.25) is 0 Å². The summed E-state index contributed by atoms with van der Waals surface area (Å²) in [5.74, 6) is -6.85. The highest BCUT2D eigenvalue weighted by molar-refractivity contribution is 6.14. The fourth-order valence-electron chi connectivity index (χ4n) is 8.92. The van der Waals surface area contributed by atoms with E-state index >= 15 is 0 Å². The molecule has 9 amide bonds. The highest BCUT2D eigenvalue weighted by Crippen LogP contribution is 2.22. The molecule has 0 saturated carbocycles. The Labute approximate surface area is 505 Å². The Balaban J connectivity index is 0.000000402. The molecule has 2 aliphatic rings. The van der Waals surface area contributed by atoms with Gasteiger partial charge >= 0.3 is 11.9 Å². The van der Waals surface area contributed by atoms with E-state index in [1.54, 1.807) is 49.4 Å². The number of nitrogen functional groups attached to an aromatic ring is 1. The average molecular weight is 1200 g/mol. The molecule has 3 aromatic rings. The van der Waals surface area contributed by atoms with Gasteiger partial charge in [-0.1, -0.05) is 76.4 Å². The number of unbranched alkanes of at least 4 members (excludes halogenated alkanes) is 5. The lowest BCUT2D eigenvalue weighted by molar-refractivity contribution is -0.148. The number of hydrogen-bond acceptors (Lipinski definition) is 17. The average Bonchev–Trinajstić information content (AvgIpc) is 3.84. The van der Waals surface area contributed by atoms with Crippen LogP contribution in [-0.2, 0) is 62.2 Å². The van der Waals surface area contributed by atoms with Gasteiger partial charge < -0.3 is 41.8 Å². The molecule has 3 unspecified atom stereocenters. The summed E-state index contributed by atoms with van der Waals surface area (Å²) in [7, 11) is 1.18. The van der Waals surface area contributed by atoms with Gasteiger partial charge in [-0.05, 0) is 81.3 Å². The van der Waals surface area contributed by atoms with Gasteiger partial charge in [-0.15, -0.1) is 0 Å². The van der Waals surface area contributed by atoms with Crippen LogP contribution in [0.25, 0.3) is 0 Å². The molecule has 5 rings (SSSR count). The number of methoxy groups -OCH3 is 1. The van der Waals surface area contributed by atoms with Gasteiger partial charge in [-0.3, -0.25) is 67.3 Å². The van der Waals surface area contributed by atoms with Crippen LogP contribution in [0.4, 0.5) is 17.1 Å². The Morgan fingerprint density at radius 3 is 1.29 bits per heavy atom. The van der Waals surface area contributed by atoms with E-state index in [0.29, 0.717) is 70.0 Å². The minimum Gasteiger partial charge on any atom is -0.467 e. The number of nitrogens with two attached hydrogens (primary N) is 1. The zero-order valence-electron chi connectivity index (χ0n) is 49.6. The maximum Gasteiger partial charge on any atom is 0.329 e. The van der Waals surface area contributed by atoms with Crippen molar-refractivity contribution in [2.45, 2.75) is 148 Å². The van der Waals surface area contributed by atoms with Gasteiger partial charge in [0.2, 0.25) is 29.5 Å². The largest absolute Gasteiger partial charge is 0.467 e. The molecule has 0 radical (unpaired) electrons. The van der Waals surface area contributed by atoms with Crippen LogP contribution < -0.4 is 32.3 Å². The SMILES string of the molecule is CCCC(=O)NC(CC(=O)c1ccccc1NC(=O)CCCCCN1C(=O)C=CC1=O)C(=O)OC.CCCCOC(=O)C(CC(=O)c1ccccc1N)NC(=O)C(CC(=O)c1ccccc1NC(=O)CCCCCN1C(=O)C=CC1=O)NC(=O)CCC. The Hall–Kier alpha value is -9.48. The molecule has 0 spiro atoms. The molecule has 0 fully saturated rings. The fourth-order valence-corrected chi connectivity index (χ4v) is 8.92. The van der Waals surface area contributed by atoms with Gasteiger partial charge in [0.1, 0.15) is 18.1 Å². The van der Waals surface area contributed by atoms with Crippen molar-refractivity contribution >= 4 is 99.5 Å². The number of esters is 2. The van der Waals surface area contributed by atoms with Gasteiger partial charge in [0.15, 0.2) is 17.3 Å². The normalized spacial score (nSPS) is 13.4. The van der Waals surface area contributed by atoms with E-state index < -0.39 is 72.1 Å². The van der Waals surface area contributed by atoms with Crippen LogP contribution in [-0.4, -0.2) is 137 Å². The van der Waals surface area contributed by atoms with Crippen LogP contribution in [0.3, 0.4) is 0 Å². The van der Waals surface area contributed by atoms with Crippen molar-refractivity contribution in [3.05, 3.63) is 114 Å². The number of Topliss-reactive ketones (excluding diaryl/α,β-unsaturated/α-hetero) is 3. The number of anilines is 3. The summed E-state index contributed by atoms with van der Waals surface area (Å²) in [5, 5.41) is 13.1. The van der Waals surface area contributed by atoms with Crippen LogP contribution in [0, 0.1) is 0 Å². The van der Waals surface area contributed by atoms with Crippen LogP contribution in [0.1, 0.15) is 161 Å². The zero-order chi connectivity index (χ0) is 63.8. The van der Waals surface area contributed by atoms with E-state index in [1.807, 2.05) is 13.8 Å². The first kappa shape index (κ1) is 70.0. The summed E-state index contributed by atoms with van der Waals surface area (Å²) >= 11 is 0. The maximum absolute atomic E-state index is 13.7. The second-order valence-electron chi connectivity index (χ2n) is 20.4. The van der Waals surface area contributed by atoms with Gasteiger partial charge in [0.25, 0.3) is 23.6 Å². The number of carbonyl (C=O) groups is 14. The summed E-state index contributed by atoms with van der Waals surface area (Å²) in [6.45, 7) is 6.13. The first-order chi connectivity index (χ1) is 41.7. The Bertz CT molecular complexity index is 3030. The molecule has 2 aliphatic heterocycles. The van der Waals surface area contributed by atoms with E-state index in [2.05, 4.69) is 26.6 Å². The topological polar surface area (TPSA) is 350 Å². The Kier molecular flexibility index (Phi) is 29.8. The molecule has 0 saturated heterocycles. The third kappa shape index (κ3) is 23.5. The van der Waals surface area contributed by atoms with Crippen molar-refractivity contribution in [3.8, 4) is 0 Å². The number of ether oxygens (including phenoxy) is 2. The quantitative estimate of drug-likeness (QED) is 0.0132. The number of nitrogens with one attached hydrogen (secondary N) is 5. The molecular formula is C63H78N8O16. The lowest BCUT2D eigenvalue weighted by Crippen LogP contribution is -2.53. The number of para-hydroxylation sites is 3. The standard InChI is InChI=1S/C38H47N5O9.C25H31N3O7/c1-3-5-22-52-38(51)30(24-31(44)25-14-8-10-16-27(25)39)42-37(50)29(41-33(46)13-4-2)23-32(45)26-15-9-11-17-28(26)40-34(47)18-7-6-12-21-43-35(48)19-20-36(43)49;1-3-9-21(30)27-19(25(34)35-2)16-20(29)17-10-6-7-11-18(17)26-22(31)12-5-4-8-15-28-23(32)13-14-24(28)33/h8-11,14-17,19-20,29-30H,3-7,12-13,18,21-24,39H2,1-2H3,(H,40,47)(H,41,46)(H,42,50);6-7,10-11,13-14,19H,3-5,8-9,12,15-16H2,1-2H3,(H,26,31)(H,27,30). The molecule has 466 valence electrons. The first-order valence-electron chi connectivity index (χ1n) is 29.1. The molecule has 7 N–H and O–H groups in total. The zero-order valence-corrected chi connectivity index (χ0v) is 49.6. The van der Waals surface area contributed by atoms with Crippen molar-refractivity contribution < 1.29 is 76.6 Å². The van der Waals surface area contributed by atoms with Gasteiger partial charge in [-0.2, -0.15) is 0 Å². The summed E-state index contributed by atoms with van der Waals surface area (Å²) in [4.78, 5) is 177. The second-order valence-corrected chi connectivity index (χ2v) is 20.4. The molecule has 0 aromatic heterocycles. The molecule has 0 aliphatic carbocycles. The minimum absolute atomic E-state index is 0.0688. The number of amides is 9. The van der Waals surface area contributed by atoms with Gasteiger partial charge in [0.05, 0.1) is 25.1 Å². The number of rotatable bonds is 36. The fraction of sp³-hybridized carbons (Fsp3) is 0.429. The van der Waals surface area contributed by atoms with E-state index in [9.17, 15) is 67.1 Å². The van der Waals surface area contributed by atoms with Crippen LogP contribution in [0.15, 0.2) is 97.1 Å². The number of carbonyl (C=O) groups excluding carboxylic acids is 14. The van der Waals surface area contributed by atoms with E-state index in [0.717, 1.165) is 16.2 Å². The lowest BCUT2D eigenvalue weighted by Gasteiger charge is -2.23. The maximum atomic E-state index is 13.7. The van der Waals surface area contributed by atoms with Gasteiger partial charge in [0, 0.05) is 105 Å². The monoisotopic (exact) mass is 1200 g/mol. The summed E-state index contributed by atoms with van der Waals surface area (Å²) < 4.78 is 10.0. The molecule has 87 heavy (non-hydrogen) atoms. The molecule has 3 aromatic carbocycles. The first-order valence-corrected chi connectivity index (χ1v) is 29.1. The molecule has 0 bridgehead atoms. The Morgan fingerprint density at radius 1 is 0.448 bits per heavy atom. The number of nitrogens with zero attached hydrogens (tertiary/aromatic N) is 2. The van der Waals surface area contributed by atoms with Crippen molar-refractivity contribution in [2.75, 3.05) is 43.2 Å². The predicted molar refractivity (Wildman–Crippen MR) is 320 cm³/mol. The van der Waals surface area contributed by atoms with E-state index in [-0.39, 0.29) is 115 Å². The number of ketones is 3. The molecule has 3 atom stereocenters. The van der Waals surface area contributed by atoms with Gasteiger partial charge in [-0.25, -0.2) is 9.59 Å². The molecular weight excluding hydrogens is 1120 g/mol. The van der Waals surface area contributed by atoms with E-state index in [4.69, 9.17) is 15.2 Å². The smallest absolute Gasteiger partial charge is 0.329 e. The minimum atomic E-state index is -1.43. The predicted octanol–water partition coefficient (Wildman–Crippen LogP) is 5.79. The van der Waals surface area contributed by atoms with Crippen molar-refractivity contribution in [3.63, 3.8) is 0 Å². The summed E-state index contributed by atoms with van der Waals surface area (Å²) in [6, 6.07) is 15.0. The lowest BCUT2D eigenvalue weighted by atomic mass is 9.99. The molecule has 24 nitrogen and oxygen atoms in total. The number of benzene rings is 3.